The number of esters is 1. The molecule has 28 heavy (non-hydrogen) atoms. The molecular formula is C21H18ClN3O3. The predicted octanol–water partition coefficient (Wildman–Crippen LogP) is 4.83. The molecule has 3 aromatic rings. The first-order valence-corrected chi connectivity index (χ1v) is 8.83. The lowest BCUT2D eigenvalue weighted by atomic mass is 10.2. The number of aromatic nitrogens is 1. The lowest BCUT2D eigenvalue weighted by Crippen LogP contribution is -2.14. The van der Waals surface area contributed by atoms with E-state index in [-0.39, 0.29) is 11.3 Å². The molecule has 2 aromatic carbocycles. The van der Waals surface area contributed by atoms with Crippen LogP contribution >= 0.6 is 11.6 Å². The van der Waals surface area contributed by atoms with Crippen molar-refractivity contribution in [2.75, 3.05) is 17.7 Å². The fourth-order valence-corrected chi connectivity index (χ4v) is 2.71. The third kappa shape index (κ3) is 4.66. The van der Waals surface area contributed by atoms with E-state index in [0.29, 0.717) is 10.7 Å². The smallest absolute Gasteiger partial charge is 0.337 e. The molecule has 2 N–H and O–H groups in total. The normalized spacial score (nSPS) is 10.2. The summed E-state index contributed by atoms with van der Waals surface area (Å²) in [6, 6.07) is 15.8. The van der Waals surface area contributed by atoms with Gasteiger partial charge in [-0.15, -0.1) is 0 Å². The highest BCUT2D eigenvalue weighted by molar-refractivity contribution is 6.34. The van der Waals surface area contributed by atoms with Crippen molar-refractivity contribution in [1.29, 1.82) is 0 Å². The van der Waals surface area contributed by atoms with Crippen molar-refractivity contribution in [3.63, 3.8) is 0 Å². The fourth-order valence-electron chi connectivity index (χ4n) is 2.54. The van der Waals surface area contributed by atoms with Gasteiger partial charge in [0, 0.05) is 5.69 Å². The minimum absolute atomic E-state index is 0.217. The number of halogens is 1. The molecule has 0 fully saturated rings. The average Bonchev–Trinajstić information content (AvgIpc) is 2.69. The zero-order valence-corrected chi connectivity index (χ0v) is 16.1. The first kappa shape index (κ1) is 19.4. The molecule has 3 rings (SSSR count). The number of anilines is 3. The van der Waals surface area contributed by atoms with Crippen molar-refractivity contribution in [3.05, 3.63) is 82.6 Å². The van der Waals surface area contributed by atoms with Crippen LogP contribution in [0.15, 0.2) is 60.8 Å². The van der Waals surface area contributed by atoms with Gasteiger partial charge in [0.15, 0.2) is 0 Å². The van der Waals surface area contributed by atoms with E-state index < -0.39 is 11.9 Å². The summed E-state index contributed by atoms with van der Waals surface area (Å²) in [5.74, 6) is -0.956. The number of pyridine rings is 1. The van der Waals surface area contributed by atoms with Gasteiger partial charge in [0.2, 0.25) is 0 Å². The Hall–Kier alpha value is -3.38. The van der Waals surface area contributed by atoms with Crippen molar-refractivity contribution in [3.8, 4) is 0 Å². The van der Waals surface area contributed by atoms with E-state index in [1.807, 2.05) is 31.2 Å². The van der Waals surface area contributed by atoms with Crippen LogP contribution in [0, 0.1) is 6.92 Å². The Bertz CT molecular complexity index is 1020. The number of carbonyl (C=O) groups excluding carboxylic acids is 2. The van der Waals surface area contributed by atoms with Gasteiger partial charge < -0.3 is 15.4 Å². The van der Waals surface area contributed by atoms with Crippen LogP contribution in [0.1, 0.15) is 26.4 Å². The monoisotopic (exact) mass is 395 g/mol. The minimum Gasteiger partial charge on any atom is -0.465 e. The predicted molar refractivity (Wildman–Crippen MR) is 109 cm³/mol. The highest BCUT2D eigenvalue weighted by atomic mass is 35.5. The second-order valence-corrected chi connectivity index (χ2v) is 6.47. The third-order valence-corrected chi connectivity index (χ3v) is 4.27. The first-order valence-electron chi connectivity index (χ1n) is 8.45. The Morgan fingerprint density at radius 2 is 1.86 bits per heavy atom. The van der Waals surface area contributed by atoms with Crippen LogP contribution in [0.25, 0.3) is 0 Å². The number of nitrogens with zero attached hydrogens (tertiary/aromatic N) is 1. The van der Waals surface area contributed by atoms with Gasteiger partial charge in [-0.1, -0.05) is 23.7 Å². The highest BCUT2D eigenvalue weighted by Gasteiger charge is 2.13. The summed E-state index contributed by atoms with van der Waals surface area (Å²) in [4.78, 5) is 28.3. The summed E-state index contributed by atoms with van der Waals surface area (Å²) in [7, 11) is 1.28. The average molecular weight is 396 g/mol. The standard InChI is InChI=1S/C21H18ClN3O3/c1-13-4-3-5-15(10-13)24-16-7-9-18(23-12-16)20(26)25-19-11-14(21(27)28-2)6-8-17(19)22/h3-12,24H,1-2H3,(H,25,26). The lowest BCUT2D eigenvalue weighted by Gasteiger charge is -2.10. The van der Waals surface area contributed by atoms with E-state index in [1.165, 1.54) is 25.3 Å². The topological polar surface area (TPSA) is 80.3 Å². The number of carbonyl (C=O) groups is 2. The molecule has 1 aromatic heterocycles. The van der Waals surface area contributed by atoms with Gasteiger partial charge in [0.25, 0.3) is 5.91 Å². The number of hydrogen-bond acceptors (Lipinski definition) is 5. The molecular weight excluding hydrogens is 378 g/mol. The number of hydrogen-bond donors (Lipinski definition) is 2. The van der Waals surface area contributed by atoms with Crippen molar-refractivity contribution >= 4 is 40.5 Å². The molecule has 0 radical (unpaired) electrons. The van der Waals surface area contributed by atoms with E-state index in [2.05, 4.69) is 20.4 Å². The van der Waals surface area contributed by atoms with Crippen LogP contribution in [-0.2, 0) is 4.74 Å². The van der Waals surface area contributed by atoms with Gasteiger partial charge in [-0.2, -0.15) is 0 Å². The molecule has 0 unspecified atom stereocenters. The molecule has 1 amide bonds. The largest absolute Gasteiger partial charge is 0.465 e. The molecule has 0 spiro atoms. The van der Waals surface area contributed by atoms with Crippen LogP contribution in [0.2, 0.25) is 5.02 Å². The van der Waals surface area contributed by atoms with Gasteiger partial charge in [-0.3, -0.25) is 4.79 Å². The quantitative estimate of drug-likeness (QED) is 0.605. The molecule has 6 nitrogen and oxygen atoms in total. The maximum atomic E-state index is 12.5. The Morgan fingerprint density at radius 3 is 2.54 bits per heavy atom. The molecule has 0 bridgehead atoms. The van der Waals surface area contributed by atoms with E-state index >= 15 is 0 Å². The van der Waals surface area contributed by atoms with Gasteiger partial charge >= 0.3 is 5.97 Å². The van der Waals surface area contributed by atoms with Gasteiger partial charge in [-0.25, -0.2) is 9.78 Å². The number of ether oxygens (including phenoxy) is 1. The van der Waals surface area contributed by atoms with E-state index in [4.69, 9.17) is 11.6 Å². The molecule has 0 saturated heterocycles. The summed E-state index contributed by atoms with van der Waals surface area (Å²) in [6.45, 7) is 2.01. The molecule has 0 atom stereocenters. The molecule has 0 aliphatic rings. The summed E-state index contributed by atoms with van der Waals surface area (Å²) in [5.41, 5.74) is 3.64. The Balaban J connectivity index is 1.72. The summed E-state index contributed by atoms with van der Waals surface area (Å²) < 4.78 is 4.68. The highest BCUT2D eigenvalue weighted by Crippen LogP contribution is 2.24. The fraction of sp³-hybridized carbons (Fsp3) is 0.0952. The van der Waals surface area contributed by atoms with E-state index in [1.54, 1.807) is 18.3 Å². The van der Waals surface area contributed by atoms with Crippen LogP contribution in [0.3, 0.4) is 0 Å². The third-order valence-electron chi connectivity index (χ3n) is 3.94. The van der Waals surface area contributed by atoms with Gasteiger partial charge in [-0.05, 0) is 55.0 Å². The number of methoxy groups -OCH3 is 1. The van der Waals surface area contributed by atoms with Crippen molar-refractivity contribution in [2.24, 2.45) is 0 Å². The number of rotatable bonds is 5. The zero-order chi connectivity index (χ0) is 20.1. The van der Waals surface area contributed by atoms with Crippen molar-refractivity contribution < 1.29 is 14.3 Å². The van der Waals surface area contributed by atoms with Gasteiger partial charge in [0.1, 0.15) is 5.69 Å². The van der Waals surface area contributed by atoms with Crippen LogP contribution in [-0.4, -0.2) is 24.0 Å². The van der Waals surface area contributed by atoms with E-state index in [9.17, 15) is 9.59 Å². The summed E-state index contributed by atoms with van der Waals surface area (Å²) in [6.07, 6.45) is 1.57. The molecule has 0 saturated carbocycles. The molecule has 7 heteroatoms. The van der Waals surface area contributed by atoms with Crippen molar-refractivity contribution in [1.82, 2.24) is 4.98 Å². The Morgan fingerprint density at radius 1 is 1.04 bits per heavy atom. The number of aryl methyl sites for hydroxylation is 1. The number of nitrogens with one attached hydrogen (secondary N) is 2. The maximum Gasteiger partial charge on any atom is 0.337 e. The molecule has 142 valence electrons. The van der Waals surface area contributed by atoms with Gasteiger partial charge in [0.05, 0.1) is 35.3 Å². The number of amides is 1. The minimum atomic E-state index is -0.517. The number of benzene rings is 2. The SMILES string of the molecule is COC(=O)c1ccc(Cl)c(NC(=O)c2ccc(Nc3cccc(C)c3)cn2)c1. The van der Waals surface area contributed by atoms with Crippen LogP contribution in [0.4, 0.5) is 17.1 Å². The molecule has 0 aliphatic carbocycles. The zero-order valence-electron chi connectivity index (χ0n) is 15.3. The van der Waals surface area contributed by atoms with Crippen molar-refractivity contribution in [2.45, 2.75) is 6.92 Å². The van der Waals surface area contributed by atoms with Crippen LogP contribution in [0.5, 0.6) is 0 Å². The second-order valence-electron chi connectivity index (χ2n) is 6.07. The summed E-state index contributed by atoms with van der Waals surface area (Å²) in [5, 5.41) is 6.19. The Labute approximate surface area is 167 Å². The lowest BCUT2D eigenvalue weighted by molar-refractivity contribution is 0.0600. The Kier molecular flexibility index (Phi) is 5.91. The first-order chi connectivity index (χ1) is 13.5. The molecule has 0 aliphatic heterocycles. The van der Waals surface area contributed by atoms with Crippen LogP contribution < -0.4 is 10.6 Å². The second kappa shape index (κ2) is 8.54. The molecule has 1 heterocycles. The summed E-state index contributed by atoms with van der Waals surface area (Å²) >= 11 is 6.11. The van der Waals surface area contributed by atoms with E-state index in [0.717, 1.165) is 16.9 Å². The maximum absolute atomic E-state index is 12.5.